The van der Waals surface area contributed by atoms with Gasteiger partial charge in [0.05, 0.1) is 17.4 Å². The summed E-state index contributed by atoms with van der Waals surface area (Å²) in [6.45, 7) is 1.98. The Hall–Kier alpha value is -2.46. The Kier molecular flexibility index (Phi) is 3.31. The van der Waals surface area contributed by atoms with Gasteiger partial charge in [0.15, 0.2) is 0 Å². The first-order valence-electron chi connectivity index (χ1n) is 6.57. The summed E-state index contributed by atoms with van der Waals surface area (Å²) in [5.41, 5.74) is 9.90. The van der Waals surface area contributed by atoms with E-state index in [1.54, 1.807) is 6.20 Å². The van der Waals surface area contributed by atoms with E-state index in [1.807, 2.05) is 55.5 Å². The average molecular weight is 264 g/mol. The fourth-order valence-electron chi connectivity index (χ4n) is 2.26. The van der Waals surface area contributed by atoms with Crippen LogP contribution < -0.4 is 11.1 Å². The third-order valence-corrected chi connectivity index (χ3v) is 3.27. The fraction of sp³-hybridized carbons (Fsp3) is 0.125. The molecule has 3 aromatic rings. The molecular formula is C16H16N4. The van der Waals surface area contributed by atoms with Crippen LogP contribution in [-0.4, -0.2) is 10.2 Å². The van der Waals surface area contributed by atoms with Gasteiger partial charge >= 0.3 is 0 Å². The van der Waals surface area contributed by atoms with Crippen LogP contribution in [0.1, 0.15) is 18.5 Å². The van der Waals surface area contributed by atoms with Gasteiger partial charge in [-0.3, -0.25) is 0 Å². The molecule has 0 spiro atoms. The maximum atomic E-state index is 6.01. The lowest BCUT2D eigenvalue weighted by atomic mass is 10.1. The number of nitrogens with one attached hydrogen (secondary N) is 1. The van der Waals surface area contributed by atoms with Crippen molar-refractivity contribution in [2.75, 3.05) is 5.32 Å². The highest BCUT2D eigenvalue weighted by Crippen LogP contribution is 2.28. The summed E-state index contributed by atoms with van der Waals surface area (Å²) in [6.07, 6.45) is 1.74. The van der Waals surface area contributed by atoms with Crippen molar-refractivity contribution in [2.24, 2.45) is 5.73 Å². The van der Waals surface area contributed by atoms with E-state index in [4.69, 9.17) is 5.73 Å². The first-order chi connectivity index (χ1) is 9.75. The summed E-state index contributed by atoms with van der Waals surface area (Å²) >= 11 is 0. The number of hydrogen-bond acceptors (Lipinski definition) is 4. The lowest BCUT2D eigenvalue weighted by molar-refractivity contribution is 0.820. The van der Waals surface area contributed by atoms with Crippen LogP contribution in [0.25, 0.3) is 10.9 Å². The zero-order valence-corrected chi connectivity index (χ0v) is 11.2. The Morgan fingerprint density at radius 2 is 1.75 bits per heavy atom. The number of hydrogen-bond donors (Lipinski definition) is 2. The maximum Gasteiger partial charge on any atom is 0.0950 e. The molecule has 4 nitrogen and oxygen atoms in total. The van der Waals surface area contributed by atoms with Crippen molar-refractivity contribution in [3.05, 3.63) is 60.3 Å². The Bertz CT molecular complexity index is 732. The first-order valence-corrected chi connectivity index (χ1v) is 6.57. The van der Waals surface area contributed by atoms with Crippen LogP contribution in [0.5, 0.6) is 0 Å². The Morgan fingerprint density at radius 1 is 1.00 bits per heavy atom. The van der Waals surface area contributed by atoms with Crippen molar-refractivity contribution in [1.29, 1.82) is 0 Å². The van der Waals surface area contributed by atoms with Crippen molar-refractivity contribution in [3.63, 3.8) is 0 Å². The normalized spacial score (nSPS) is 12.3. The van der Waals surface area contributed by atoms with Crippen LogP contribution in [0.15, 0.2) is 54.7 Å². The summed E-state index contributed by atoms with van der Waals surface area (Å²) in [4.78, 5) is 0. The van der Waals surface area contributed by atoms with E-state index >= 15 is 0 Å². The van der Waals surface area contributed by atoms with Gasteiger partial charge in [-0.05, 0) is 24.6 Å². The molecule has 0 saturated carbocycles. The van der Waals surface area contributed by atoms with Crippen LogP contribution >= 0.6 is 0 Å². The Balaban J connectivity index is 2.06. The molecule has 2 aromatic carbocycles. The van der Waals surface area contributed by atoms with Crippen LogP contribution in [0.4, 0.5) is 11.4 Å². The predicted molar refractivity (Wildman–Crippen MR) is 81.9 cm³/mol. The van der Waals surface area contributed by atoms with E-state index in [0.29, 0.717) is 0 Å². The highest BCUT2D eigenvalue weighted by Gasteiger charge is 2.08. The number of benzene rings is 2. The van der Waals surface area contributed by atoms with Crippen LogP contribution in [0, 0.1) is 0 Å². The lowest BCUT2D eigenvalue weighted by Crippen LogP contribution is -2.08. The second-order valence-corrected chi connectivity index (χ2v) is 4.78. The van der Waals surface area contributed by atoms with Gasteiger partial charge in [0, 0.05) is 17.1 Å². The third kappa shape index (κ3) is 2.33. The van der Waals surface area contributed by atoms with Gasteiger partial charge in [-0.15, -0.1) is 0 Å². The first kappa shape index (κ1) is 12.6. The molecule has 0 saturated heterocycles. The third-order valence-electron chi connectivity index (χ3n) is 3.27. The molecule has 0 fully saturated rings. The minimum Gasteiger partial charge on any atom is -0.353 e. The van der Waals surface area contributed by atoms with Gasteiger partial charge in [-0.25, -0.2) is 0 Å². The number of para-hydroxylation sites is 1. The van der Waals surface area contributed by atoms with Crippen LogP contribution in [-0.2, 0) is 0 Å². The van der Waals surface area contributed by atoms with Gasteiger partial charge in [-0.2, -0.15) is 10.2 Å². The van der Waals surface area contributed by atoms with Crippen molar-refractivity contribution in [3.8, 4) is 0 Å². The van der Waals surface area contributed by atoms with Gasteiger partial charge in [0.2, 0.25) is 0 Å². The molecule has 0 aliphatic carbocycles. The zero-order chi connectivity index (χ0) is 13.9. The molecule has 1 aromatic heterocycles. The fourth-order valence-corrected chi connectivity index (χ4v) is 2.26. The molecule has 0 radical (unpaired) electrons. The van der Waals surface area contributed by atoms with Crippen molar-refractivity contribution in [2.45, 2.75) is 13.0 Å². The highest BCUT2D eigenvalue weighted by molar-refractivity contribution is 5.92. The Morgan fingerprint density at radius 3 is 2.60 bits per heavy atom. The highest BCUT2D eigenvalue weighted by atomic mass is 15.1. The molecular weight excluding hydrogens is 248 g/mol. The minimum absolute atomic E-state index is 0.0280. The van der Waals surface area contributed by atoms with E-state index < -0.39 is 0 Å². The van der Waals surface area contributed by atoms with Gasteiger partial charge in [-0.1, -0.05) is 36.4 Å². The molecule has 0 aliphatic heterocycles. The molecule has 20 heavy (non-hydrogen) atoms. The average Bonchev–Trinajstić information content (AvgIpc) is 2.48. The number of nitrogens with two attached hydrogens (primary N) is 1. The van der Waals surface area contributed by atoms with E-state index in [2.05, 4.69) is 15.5 Å². The summed E-state index contributed by atoms with van der Waals surface area (Å²) in [5.74, 6) is 0. The van der Waals surface area contributed by atoms with Gasteiger partial charge in [0.25, 0.3) is 0 Å². The van der Waals surface area contributed by atoms with E-state index in [0.717, 1.165) is 27.8 Å². The second kappa shape index (κ2) is 5.27. The number of anilines is 2. The summed E-state index contributed by atoms with van der Waals surface area (Å²) in [6, 6.07) is 15.9. The Labute approximate surface area is 117 Å². The molecule has 3 N–H and O–H groups in total. The van der Waals surface area contributed by atoms with Crippen molar-refractivity contribution < 1.29 is 0 Å². The molecule has 0 amide bonds. The lowest BCUT2D eigenvalue weighted by Gasteiger charge is -2.15. The van der Waals surface area contributed by atoms with E-state index in [-0.39, 0.29) is 6.04 Å². The minimum atomic E-state index is -0.0280. The molecule has 100 valence electrons. The van der Waals surface area contributed by atoms with Crippen LogP contribution in [0.2, 0.25) is 0 Å². The van der Waals surface area contributed by atoms with Crippen LogP contribution in [0.3, 0.4) is 0 Å². The molecule has 1 heterocycles. The van der Waals surface area contributed by atoms with Gasteiger partial charge < -0.3 is 11.1 Å². The smallest absolute Gasteiger partial charge is 0.0950 e. The largest absolute Gasteiger partial charge is 0.353 e. The van der Waals surface area contributed by atoms with E-state index in [1.165, 1.54) is 0 Å². The number of aromatic nitrogens is 2. The monoisotopic (exact) mass is 264 g/mol. The zero-order valence-electron chi connectivity index (χ0n) is 11.2. The van der Waals surface area contributed by atoms with Crippen molar-refractivity contribution >= 4 is 22.3 Å². The van der Waals surface area contributed by atoms with Crippen molar-refractivity contribution in [1.82, 2.24) is 10.2 Å². The molecule has 1 unspecified atom stereocenters. The molecule has 0 aliphatic rings. The quantitative estimate of drug-likeness (QED) is 0.761. The SMILES string of the molecule is CC(N)c1ccccc1Nc1cnnc2ccccc12. The standard InChI is InChI=1S/C16H16N4/c1-11(17)12-6-2-4-8-14(12)19-16-10-18-20-15-9-5-3-7-13(15)16/h2-11H,17H2,1H3,(H,19,20). The predicted octanol–water partition coefficient (Wildman–Crippen LogP) is 3.39. The second-order valence-electron chi connectivity index (χ2n) is 4.78. The summed E-state index contributed by atoms with van der Waals surface area (Å²) in [5, 5.41) is 12.6. The molecule has 3 rings (SSSR count). The van der Waals surface area contributed by atoms with Gasteiger partial charge in [0.1, 0.15) is 0 Å². The molecule has 0 bridgehead atoms. The number of nitrogens with zero attached hydrogens (tertiary/aromatic N) is 2. The molecule has 4 heteroatoms. The summed E-state index contributed by atoms with van der Waals surface area (Å²) < 4.78 is 0. The number of rotatable bonds is 3. The molecule has 1 atom stereocenters. The topological polar surface area (TPSA) is 63.8 Å². The summed E-state index contributed by atoms with van der Waals surface area (Å²) in [7, 11) is 0. The number of fused-ring (bicyclic) bond motifs is 1. The van der Waals surface area contributed by atoms with E-state index in [9.17, 15) is 0 Å². The maximum absolute atomic E-state index is 6.01.